The highest BCUT2D eigenvalue weighted by Gasteiger charge is 2.20. The summed E-state index contributed by atoms with van der Waals surface area (Å²) in [5, 5.41) is 14.1. The van der Waals surface area contributed by atoms with E-state index in [9.17, 15) is 5.26 Å². The summed E-state index contributed by atoms with van der Waals surface area (Å²) in [4.78, 5) is 13.4. The van der Waals surface area contributed by atoms with Gasteiger partial charge in [-0.3, -0.25) is 10.4 Å². The van der Waals surface area contributed by atoms with Gasteiger partial charge in [-0.15, -0.1) is 11.3 Å². The first-order valence-electron chi connectivity index (χ1n) is 8.90. The number of pyridine rings is 1. The van der Waals surface area contributed by atoms with Gasteiger partial charge < -0.3 is 4.74 Å². The molecule has 4 rings (SSSR count). The van der Waals surface area contributed by atoms with Crippen molar-refractivity contribution >= 4 is 33.6 Å². The Labute approximate surface area is 171 Å². The van der Waals surface area contributed by atoms with Crippen LogP contribution in [-0.4, -0.2) is 27.8 Å². The zero-order chi connectivity index (χ0) is 20.1. The first kappa shape index (κ1) is 18.5. The molecular formula is C21H16N6OS. The Bertz CT molecular complexity index is 1210. The fourth-order valence-electron chi connectivity index (χ4n) is 2.84. The number of ether oxygens (including phenoxy) is 1. The molecule has 0 aliphatic carbocycles. The predicted molar refractivity (Wildman–Crippen MR) is 114 cm³/mol. The maximum absolute atomic E-state index is 9.80. The Morgan fingerprint density at radius 1 is 1.21 bits per heavy atom. The normalized spacial score (nSPS) is 10.9. The fourth-order valence-corrected chi connectivity index (χ4v) is 4.01. The van der Waals surface area contributed by atoms with Gasteiger partial charge in [0.1, 0.15) is 23.7 Å². The van der Waals surface area contributed by atoms with Crippen LogP contribution < -0.4 is 10.2 Å². The van der Waals surface area contributed by atoms with Crippen molar-refractivity contribution in [2.75, 3.05) is 12.0 Å². The molecule has 0 fully saturated rings. The molecule has 0 aliphatic heterocycles. The van der Waals surface area contributed by atoms with Gasteiger partial charge in [-0.2, -0.15) is 10.4 Å². The van der Waals surface area contributed by atoms with E-state index < -0.39 is 0 Å². The highest BCUT2D eigenvalue weighted by Crippen LogP contribution is 2.43. The van der Waals surface area contributed by atoms with Crippen LogP contribution in [0, 0.1) is 11.3 Å². The second kappa shape index (κ2) is 8.46. The molecule has 3 heterocycles. The number of nitriles is 1. The zero-order valence-corrected chi connectivity index (χ0v) is 16.3. The van der Waals surface area contributed by atoms with Crippen molar-refractivity contribution in [2.24, 2.45) is 5.10 Å². The van der Waals surface area contributed by atoms with Gasteiger partial charge in [-0.25, -0.2) is 9.97 Å². The third-order valence-corrected chi connectivity index (χ3v) is 5.32. The summed E-state index contributed by atoms with van der Waals surface area (Å²) in [7, 11) is 0. The lowest BCUT2D eigenvalue weighted by Gasteiger charge is -2.08. The number of aromatic nitrogens is 3. The van der Waals surface area contributed by atoms with Crippen molar-refractivity contribution in [3.8, 4) is 22.3 Å². The number of nitrogens with zero attached hydrogens (tertiary/aromatic N) is 5. The number of hydrogen-bond acceptors (Lipinski definition) is 8. The molecule has 7 nitrogen and oxygen atoms in total. The molecule has 29 heavy (non-hydrogen) atoms. The summed E-state index contributed by atoms with van der Waals surface area (Å²) in [6, 6.07) is 13.7. The quantitative estimate of drug-likeness (QED) is 0.379. The first-order valence-corrected chi connectivity index (χ1v) is 9.72. The Balaban J connectivity index is 1.76. The monoisotopic (exact) mass is 400 g/mol. The molecule has 0 aliphatic rings. The maximum atomic E-state index is 9.80. The number of hydrogen-bond donors (Lipinski definition) is 1. The van der Waals surface area contributed by atoms with E-state index >= 15 is 0 Å². The van der Waals surface area contributed by atoms with Crippen LogP contribution in [-0.2, 0) is 0 Å². The number of nitrogens with one attached hydrogen (secondary N) is 1. The highest BCUT2D eigenvalue weighted by atomic mass is 32.1. The van der Waals surface area contributed by atoms with Crippen LogP contribution in [0.4, 0.5) is 5.82 Å². The molecule has 0 saturated heterocycles. The van der Waals surface area contributed by atoms with Crippen LogP contribution in [0.15, 0.2) is 60.2 Å². The first-order chi connectivity index (χ1) is 14.3. The Morgan fingerprint density at radius 2 is 2.03 bits per heavy atom. The lowest BCUT2D eigenvalue weighted by molar-refractivity contribution is 0.341. The minimum absolute atomic E-state index is 0.501. The molecule has 0 radical (unpaired) electrons. The van der Waals surface area contributed by atoms with Crippen molar-refractivity contribution in [3.05, 3.63) is 66.2 Å². The number of fused-ring (bicyclic) bond motifs is 1. The lowest BCUT2D eigenvalue weighted by atomic mass is 10.1. The molecule has 1 aromatic carbocycles. The third kappa shape index (κ3) is 3.77. The van der Waals surface area contributed by atoms with Gasteiger partial charge in [0.15, 0.2) is 5.82 Å². The molecule has 8 heteroatoms. The van der Waals surface area contributed by atoms with Gasteiger partial charge >= 0.3 is 0 Å². The molecule has 0 spiro atoms. The summed E-state index contributed by atoms with van der Waals surface area (Å²) in [5.74, 6) is 1.28. The molecule has 1 N–H and O–H groups in total. The summed E-state index contributed by atoms with van der Waals surface area (Å²) in [6.45, 7) is 2.47. The van der Waals surface area contributed by atoms with Crippen LogP contribution in [0.2, 0.25) is 0 Å². The standard InChI is InChI=1S/C21H16N6OS/c1-2-28-17-6-4-3-5-15(17)19-16(11-22)18-20(29-19)21(25-13-24-18)27-26-12-14-7-9-23-10-8-14/h3-10,12-13H,2H2,1H3,(H,24,25,27). The molecule has 0 amide bonds. The number of thiophene rings is 1. The second-order valence-electron chi connectivity index (χ2n) is 5.90. The van der Waals surface area contributed by atoms with E-state index in [0.717, 1.165) is 26.5 Å². The lowest BCUT2D eigenvalue weighted by Crippen LogP contribution is -1.95. The summed E-state index contributed by atoms with van der Waals surface area (Å²) in [5.41, 5.74) is 5.82. The van der Waals surface area contributed by atoms with Gasteiger partial charge in [0.25, 0.3) is 0 Å². The van der Waals surface area contributed by atoms with E-state index in [2.05, 4.69) is 31.5 Å². The van der Waals surface area contributed by atoms with Crippen molar-refractivity contribution in [1.29, 1.82) is 5.26 Å². The average Bonchev–Trinajstić information content (AvgIpc) is 3.14. The van der Waals surface area contributed by atoms with E-state index in [1.54, 1.807) is 18.6 Å². The number of anilines is 1. The smallest absolute Gasteiger partial charge is 0.167 e. The molecule has 142 valence electrons. The minimum Gasteiger partial charge on any atom is -0.493 e. The van der Waals surface area contributed by atoms with E-state index in [1.165, 1.54) is 17.7 Å². The number of benzene rings is 1. The minimum atomic E-state index is 0.501. The maximum Gasteiger partial charge on any atom is 0.167 e. The van der Waals surface area contributed by atoms with Crippen molar-refractivity contribution in [3.63, 3.8) is 0 Å². The zero-order valence-electron chi connectivity index (χ0n) is 15.5. The molecule has 4 aromatic rings. The Morgan fingerprint density at radius 3 is 2.83 bits per heavy atom. The summed E-state index contributed by atoms with van der Waals surface area (Å²) < 4.78 is 6.51. The molecule has 0 unspecified atom stereocenters. The van der Waals surface area contributed by atoms with E-state index in [1.807, 2.05) is 43.3 Å². The van der Waals surface area contributed by atoms with Crippen LogP contribution in [0.5, 0.6) is 5.75 Å². The van der Waals surface area contributed by atoms with Gasteiger partial charge in [0, 0.05) is 18.0 Å². The molecule has 3 aromatic heterocycles. The number of para-hydroxylation sites is 1. The van der Waals surface area contributed by atoms with E-state index in [0.29, 0.717) is 23.5 Å². The number of rotatable bonds is 6. The van der Waals surface area contributed by atoms with Gasteiger partial charge in [-0.1, -0.05) is 12.1 Å². The third-order valence-electron chi connectivity index (χ3n) is 4.11. The summed E-state index contributed by atoms with van der Waals surface area (Å²) in [6.07, 6.45) is 6.51. The Hall–Kier alpha value is -3.83. The van der Waals surface area contributed by atoms with Gasteiger partial charge in [0.2, 0.25) is 0 Å². The molecular weight excluding hydrogens is 384 g/mol. The fraction of sp³-hybridized carbons (Fsp3) is 0.0952. The largest absolute Gasteiger partial charge is 0.493 e. The summed E-state index contributed by atoms with van der Waals surface area (Å²) >= 11 is 1.44. The predicted octanol–water partition coefficient (Wildman–Crippen LogP) is 4.47. The second-order valence-corrected chi connectivity index (χ2v) is 6.92. The average molecular weight is 400 g/mol. The van der Waals surface area contributed by atoms with Crippen LogP contribution >= 0.6 is 11.3 Å². The molecule has 0 bridgehead atoms. The van der Waals surface area contributed by atoms with Crippen LogP contribution in [0.3, 0.4) is 0 Å². The Kier molecular flexibility index (Phi) is 5.40. The van der Waals surface area contributed by atoms with E-state index in [4.69, 9.17) is 4.74 Å². The van der Waals surface area contributed by atoms with Gasteiger partial charge in [0.05, 0.1) is 28.0 Å². The van der Waals surface area contributed by atoms with Crippen molar-refractivity contribution in [1.82, 2.24) is 15.0 Å². The van der Waals surface area contributed by atoms with E-state index in [-0.39, 0.29) is 0 Å². The van der Waals surface area contributed by atoms with Crippen LogP contribution in [0.25, 0.3) is 20.7 Å². The highest BCUT2D eigenvalue weighted by molar-refractivity contribution is 7.23. The SMILES string of the molecule is CCOc1ccccc1-c1sc2c(NN=Cc3ccncc3)ncnc2c1C#N. The van der Waals surface area contributed by atoms with Crippen molar-refractivity contribution in [2.45, 2.75) is 6.92 Å². The number of hydrazone groups is 1. The van der Waals surface area contributed by atoms with Gasteiger partial charge in [-0.05, 0) is 36.8 Å². The molecule has 0 atom stereocenters. The van der Waals surface area contributed by atoms with Crippen LogP contribution in [0.1, 0.15) is 18.1 Å². The topological polar surface area (TPSA) is 96.1 Å². The molecule has 0 saturated carbocycles. The van der Waals surface area contributed by atoms with Crippen molar-refractivity contribution < 1.29 is 4.74 Å².